The molecule has 2 N–H and O–H groups in total. The fourth-order valence-corrected chi connectivity index (χ4v) is 0.951. The van der Waals surface area contributed by atoms with E-state index in [-0.39, 0.29) is 11.8 Å². The molecule has 0 spiro atoms. The van der Waals surface area contributed by atoms with E-state index >= 15 is 0 Å². The molecule has 0 radical (unpaired) electrons. The number of rotatable bonds is 5. The van der Waals surface area contributed by atoms with Crippen molar-refractivity contribution in [1.29, 1.82) is 0 Å². The second kappa shape index (κ2) is 5.96. The van der Waals surface area contributed by atoms with Crippen molar-refractivity contribution in [1.82, 2.24) is 5.32 Å². The van der Waals surface area contributed by atoms with Gasteiger partial charge < -0.3 is 10.4 Å². The Labute approximate surface area is 83.3 Å². The molecular weight excluding hydrogens is 182 g/mol. The molecule has 78 valence electrons. The van der Waals surface area contributed by atoms with Crippen molar-refractivity contribution in [3.05, 3.63) is 24.4 Å². The molecular formula is C10H15NO3. The SMILES string of the molecule is C=C[C@@H](C)C/C(=C/C(=O)O)NC(C)=O. The highest BCUT2D eigenvalue weighted by atomic mass is 16.4. The van der Waals surface area contributed by atoms with Crippen molar-refractivity contribution in [3.8, 4) is 0 Å². The molecule has 4 nitrogen and oxygen atoms in total. The van der Waals surface area contributed by atoms with Crippen molar-refractivity contribution in [2.45, 2.75) is 20.3 Å². The molecule has 1 amide bonds. The molecule has 0 bridgehead atoms. The molecule has 0 fully saturated rings. The van der Waals surface area contributed by atoms with Crippen LogP contribution in [-0.2, 0) is 9.59 Å². The second-order valence-corrected chi connectivity index (χ2v) is 3.11. The number of hydrogen-bond acceptors (Lipinski definition) is 2. The smallest absolute Gasteiger partial charge is 0.330 e. The Hall–Kier alpha value is -1.58. The number of carbonyl (C=O) groups is 2. The van der Waals surface area contributed by atoms with Gasteiger partial charge in [0.1, 0.15) is 0 Å². The molecule has 0 aliphatic carbocycles. The maximum Gasteiger partial charge on any atom is 0.330 e. The maximum atomic E-state index is 10.7. The van der Waals surface area contributed by atoms with Crippen molar-refractivity contribution in [3.63, 3.8) is 0 Å². The molecule has 4 heteroatoms. The minimum absolute atomic E-state index is 0.132. The summed E-state index contributed by atoms with van der Waals surface area (Å²) in [5.41, 5.74) is 0.400. The summed E-state index contributed by atoms with van der Waals surface area (Å²) < 4.78 is 0. The van der Waals surface area contributed by atoms with Crippen LogP contribution in [0.2, 0.25) is 0 Å². The van der Waals surface area contributed by atoms with E-state index in [4.69, 9.17) is 5.11 Å². The Morgan fingerprint density at radius 3 is 2.50 bits per heavy atom. The number of allylic oxidation sites excluding steroid dienone is 2. The third kappa shape index (κ3) is 5.99. The molecule has 0 aromatic heterocycles. The fourth-order valence-electron chi connectivity index (χ4n) is 0.951. The lowest BCUT2D eigenvalue weighted by Gasteiger charge is -2.10. The molecule has 0 saturated heterocycles. The largest absolute Gasteiger partial charge is 0.478 e. The highest BCUT2D eigenvalue weighted by molar-refractivity contribution is 5.83. The average molecular weight is 197 g/mol. The van der Waals surface area contributed by atoms with Gasteiger partial charge in [-0.1, -0.05) is 13.0 Å². The predicted octanol–water partition coefficient (Wildman–Crippen LogP) is 1.30. The van der Waals surface area contributed by atoms with Crippen LogP contribution in [0, 0.1) is 5.92 Å². The lowest BCUT2D eigenvalue weighted by atomic mass is 10.1. The first kappa shape index (κ1) is 12.4. The number of amides is 1. The molecule has 0 saturated carbocycles. The summed E-state index contributed by atoms with van der Waals surface area (Å²) in [6.07, 6.45) is 3.17. The van der Waals surface area contributed by atoms with Crippen molar-refractivity contribution in [2.75, 3.05) is 0 Å². The van der Waals surface area contributed by atoms with E-state index in [1.54, 1.807) is 6.08 Å². The zero-order chi connectivity index (χ0) is 11.1. The number of nitrogens with one attached hydrogen (secondary N) is 1. The Morgan fingerprint density at radius 2 is 2.14 bits per heavy atom. The van der Waals surface area contributed by atoms with Crippen molar-refractivity contribution in [2.24, 2.45) is 5.92 Å². The normalized spacial score (nSPS) is 13.1. The van der Waals surface area contributed by atoms with E-state index in [2.05, 4.69) is 11.9 Å². The fraction of sp³-hybridized carbons (Fsp3) is 0.400. The van der Waals surface area contributed by atoms with Gasteiger partial charge >= 0.3 is 5.97 Å². The lowest BCUT2D eigenvalue weighted by Crippen LogP contribution is -2.21. The van der Waals surface area contributed by atoms with Crippen LogP contribution in [0.1, 0.15) is 20.3 Å². The quantitative estimate of drug-likeness (QED) is 0.515. The molecule has 0 aliphatic rings. The molecule has 1 atom stereocenters. The highest BCUT2D eigenvalue weighted by Gasteiger charge is 2.06. The van der Waals surface area contributed by atoms with E-state index < -0.39 is 5.97 Å². The van der Waals surface area contributed by atoms with Gasteiger partial charge in [-0.15, -0.1) is 6.58 Å². The first-order valence-corrected chi connectivity index (χ1v) is 4.29. The summed E-state index contributed by atoms with van der Waals surface area (Å²) in [6, 6.07) is 0. The third-order valence-corrected chi connectivity index (χ3v) is 1.58. The zero-order valence-corrected chi connectivity index (χ0v) is 8.41. The molecule has 0 aliphatic heterocycles. The predicted molar refractivity (Wildman–Crippen MR) is 53.5 cm³/mol. The topological polar surface area (TPSA) is 66.4 Å². The van der Waals surface area contributed by atoms with Crippen LogP contribution in [0.5, 0.6) is 0 Å². The van der Waals surface area contributed by atoms with Crippen LogP contribution in [0.25, 0.3) is 0 Å². The summed E-state index contributed by atoms with van der Waals surface area (Å²) in [7, 11) is 0. The summed E-state index contributed by atoms with van der Waals surface area (Å²) in [5.74, 6) is -1.20. The summed E-state index contributed by atoms with van der Waals surface area (Å²) in [4.78, 5) is 21.1. The number of carboxylic acids is 1. The van der Waals surface area contributed by atoms with E-state index in [1.807, 2.05) is 6.92 Å². The van der Waals surface area contributed by atoms with Gasteiger partial charge in [-0.05, 0) is 12.3 Å². The molecule has 0 rings (SSSR count). The Bertz CT molecular complexity index is 269. The highest BCUT2D eigenvalue weighted by Crippen LogP contribution is 2.09. The number of aliphatic carboxylic acids is 1. The van der Waals surface area contributed by atoms with E-state index in [1.165, 1.54) is 6.92 Å². The molecule has 0 aromatic carbocycles. The molecule has 0 aromatic rings. The first-order valence-electron chi connectivity index (χ1n) is 4.29. The van der Waals surface area contributed by atoms with Gasteiger partial charge in [0.2, 0.25) is 5.91 Å². The van der Waals surface area contributed by atoms with Gasteiger partial charge in [-0.25, -0.2) is 4.79 Å². The average Bonchev–Trinajstić information content (AvgIpc) is 2.01. The van der Waals surface area contributed by atoms with E-state index in [0.717, 1.165) is 6.08 Å². The minimum Gasteiger partial charge on any atom is -0.478 e. The van der Waals surface area contributed by atoms with Crippen LogP contribution >= 0.6 is 0 Å². The van der Waals surface area contributed by atoms with E-state index in [9.17, 15) is 9.59 Å². The molecule has 14 heavy (non-hydrogen) atoms. The molecule has 0 unspecified atom stereocenters. The van der Waals surface area contributed by atoms with Crippen LogP contribution in [0.3, 0.4) is 0 Å². The van der Waals surface area contributed by atoms with Crippen molar-refractivity contribution < 1.29 is 14.7 Å². The van der Waals surface area contributed by atoms with Gasteiger partial charge in [-0.2, -0.15) is 0 Å². The molecule has 0 heterocycles. The maximum absolute atomic E-state index is 10.7. The van der Waals surface area contributed by atoms with Gasteiger partial charge in [-0.3, -0.25) is 4.79 Å². The summed E-state index contributed by atoms with van der Waals surface area (Å²) in [6.45, 7) is 6.82. The minimum atomic E-state index is -1.06. The number of carbonyl (C=O) groups excluding carboxylic acids is 1. The van der Waals surface area contributed by atoms with Gasteiger partial charge in [0.25, 0.3) is 0 Å². The monoisotopic (exact) mass is 197 g/mol. The van der Waals surface area contributed by atoms with Crippen LogP contribution in [0.4, 0.5) is 0 Å². The Balaban J connectivity index is 4.47. The van der Waals surface area contributed by atoms with Gasteiger partial charge in [0.05, 0.1) is 0 Å². The first-order chi connectivity index (χ1) is 6.45. The Morgan fingerprint density at radius 1 is 1.57 bits per heavy atom. The van der Waals surface area contributed by atoms with Crippen LogP contribution < -0.4 is 5.32 Å². The second-order valence-electron chi connectivity index (χ2n) is 3.11. The third-order valence-electron chi connectivity index (χ3n) is 1.58. The Kier molecular flexibility index (Phi) is 5.29. The van der Waals surface area contributed by atoms with Crippen LogP contribution in [-0.4, -0.2) is 17.0 Å². The van der Waals surface area contributed by atoms with Crippen LogP contribution in [0.15, 0.2) is 24.4 Å². The standard InChI is InChI=1S/C10H15NO3/c1-4-7(2)5-9(6-10(13)14)11-8(3)12/h4,6-7H,1,5H2,2-3H3,(H,11,12)(H,13,14)/b9-6-/t7-/m1/s1. The van der Waals surface area contributed by atoms with Gasteiger partial charge in [0.15, 0.2) is 0 Å². The number of hydrogen-bond donors (Lipinski definition) is 2. The van der Waals surface area contributed by atoms with E-state index in [0.29, 0.717) is 12.1 Å². The summed E-state index contributed by atoms with van der Waals surface area (Å²) >= 11 is 0. The number of carboxylic acid groups (broad SMARTS) is 1. The van der Waals surface area contributed by atoms with Crippen molar-refractivity contribution >= 4 is 11.9 Å². The summed E-state index contributed by atoms with van der Waals surface area (Å²) in [5, 5.41) is 11.0. The van der Waals surface area contributed by atoms with Gasteiger partial charge in [0, 0.05) is 18.7 Å². The lowest BCUT2D eigenvalue weighted by molar-refractivity contribution is -0.131. The zero-order valence-electron chi connectivity index (χ0n) is 8.41.